The second kappa shape index (κ2) is 9.80. The van der Waals surface area contributed by atoms with Crippen LogP contribution in [0.4, 0.5) is 0 Å². The minimum absolute atomic E-state index is 0.670. The molecule has 0 aliphatic carbocycles. The molecule has 0 saturated heterocycles. The van der Waals surface area contributed by atoms with E-state index in [1.165, 1.54) is 0 Å². The summed E-state index contributed by atoms with van der Waals surface area (Å²) in [5, 5.41) is 0. The van der Waals surface area contributed by atoms with Gasteiger partial charge in [-0.05, 0) is 49.3 Å². The maximum absolute atomic E-state index is 5.55. The minimum Gasteiger partial charge on any atom is -0.322 e. The summed E-state index contributed by atoms with van der Waals surface area (Å²) in [4.78, 5) is 0. The molecule has 0 aromatic heterocycles. The van der Waals surface area contributed by atoms with E-state index in [9.17, 15) is 0 Å². The Kier molecular flexibility index (Phi) is 10.3. The molecule has 104 valence electrons. The third-order valence-corrected chi connectivity index (χ3v) is 4.70. The Hall–Kier alpha value is 0.920. The van der Waals surface area contributed by atoms with Gasteiger partial charge in [0, 0.05) is 0 Å². The summed E-state index contributed by atoms with van der Waals surface area (Å²) in [6, 6.07) is 0. The largest absolute Gasteiger partial charge is 0.322 e. The minimum atomic E-state index is -2.28. The van der Waals surface area contributed by atoms with Gasteiger partial charge in [-0.3, -0.25) is 0 Å². The van der Waals surface area contributed by atoms with Crippen LogP contribution in [-0.2, 0) is 20.9 Å². The average molecular weight is 298 g/mol. The van der Waals surface area contributed by atoms with Crippen molar-refractivity contribution in [3.05, 3.63) is 0 Å². The quantitative estimate of drug-likeness (QED) is 0.346. The first kappa shape index (κ1) is 17.9. The lowest BCUT2D eigenvalue weighted by Crippen LogP contribution is -1.98. The first-order valence-electron chi connectivity index (χ1n) is 6.45. The standard InChI is InChI=1S/C12H27O2PS2/c1-11(2)7-5-9-13-15(16,17)14-10-6-8-12(3)4/h11-12H,5-10H2,1-4H3,(H,16,17). The molecule has 0 aromatic carbocycles. The van der Waals surface area contributed by atoms with E-state index in [1.54, 1.807) is 0 Å². The van der Waals surface area contributed by atoms with Crippen LogP contribution in [0.15, 0.2) is 0 Å². The van der Waals surface area contributed by atoms with Gasteiger partial charge < -0.3 is 9.05 Å². The van der Waals surface area contributed by atoms with Gasteiger partial charge in [0.15, 0.2) is 0 Å². The molecule has 0 rings (SSSR count). The highest BCUT2D eigenvalue weighted by atomic mass is 32.9. The number of hydrogen-bond acceptors (Lipinski definition) is 3. The van der Waals surface area contributed by atoms with Crippen LogP contribution in [0.5, 0.6) is 0 Å². The highest BCUT2D eigenvalue weighted by molar-refractivity contribution is 8.60. The van der Waals surface area contributed by atoms with E-state index in [1.807, 2.05) is 0 Å². The van der Waals surface area contributed by atoms with Crippen molar-refractivity contribution in [2.45, 2.75) is 53.4 Å². The van der Waals surface area contributed by atoms with Crippen LogP contribution < -0.4 is 0 Å². The fourth-order valence-electron chi connectivity index (χ4n) is 1.38. The predicted octanol–water partition coefficient (Wildman–Crippen LogP) is 5.05. The Morgan fingerprint density at radius 1 is 0.941 bits per heavy atom. The van der Waals surface area contributed by atoms with Gasteiger partial charge in [0.05, 0.1) is 13.2 Å². The van der Waals surface area contributed by atoms with Crippen molar-refractivity contribution < 1.29 is 9.05 Å². The molecule has 0 aliphatic rings. The van der Waals surface area contributed by atoms with E-state index in [-0.39, 0.29) is 0 Å². The topological polar surface area (TPSA) is 18.5 Å². The van der Waals surface area contributed by atoms with E-state index < -0.39 is 5.69 Å². The Balaban J connectivity index is 3.55. The normalized spacial score (nSPS) is 12.6. The lowest BCUT2D eigenvalue weighted by atomic mass is 10.1. The molecular weight excluding hydrogens is 271 g/mol. The predicted molar refractivity (Wildman–Crippen MR) is 83.3 cm³/mol. The molecule has 0 fully saturated rings. The van der Waals surface area contributed by atoms with Gasteiger partial charge in [0.2, 0.25) is 5.69 Å². The fourth-order valence-corrected chi connectivity index (χ4v) is 3.11. The molecule has 0 spiro atoms. The van der Waals surface area contributed by atoms with Gasteiger partial charge in [0.1, 0.15) is 0 Å². The summed E-state index contributed by atoms with van der Waals surface area (Å²) in [7, 11) is 0. The molecule has 0 unspecified atom stereocenters. The van der Waals surface area contributed by atoms with Gasteiger partial charge in [-0.15, -0.1) is 0 Å². The van der Waals surface area contributed by atoms with E-state index >= 15 is 0 Å². The fraction of sp³-hybridized carbons (Fsp3) is 1.00. The van der Waals surface area contributed by atoms with E-state index in [4.69, 9.17) is 20.9 Å². The zero-order valence-corrected chi connectivity index (χ0v) is 14.1. The molecule has 0 bridgehead atoms. The second-order valence-corrected chi connectivity index (χ2v) is 10.5. The Morgan fingerprint density at radius 3 is 1.59 bits per heavy atom. The highest BCUT2D eigenvalue weighted by Crippen LogP contribution is 2.53. The summed E-state index contributed by atoms with van der Waals surface area (Å²) in [5.74, 6) is 1.42. The van der Waals surface area contributed by atoms with E-state index in [0.717, 1.165) is 25.7 Å². The summed E-state index contributed by atoms with van der Waals surface area (Å²) >= 11 is 9.55. The highest BCUT2D eigenvalue weighted by Gasteiger charge is 2.12. The smallest absolute Gasteiger partial charge is 0.244 e. The van der Waals surface area contributed by atoms with E-state index in [0.29, 0.717) is 25.0 Å². The average Bonchev–Trinajstić information content (AvgIpc) is 2.19. The van der Waals surface area contributed by atoms with Crippen LogP contribution >= 0.6 is 17.9 Å². The van der Waals surface area contributed by atoms with Crippen LogP contribution in [0.3, 0.4) is 0 Å². The zero-order valence-electron chi connectivity index (χ0n) is 11.5. The molecule has 0 N–H and O–H groups in total. The van der Waals surface area contributed by atoms with Crippen molar-refractivity contribution in [3.63, 3.8) is 0 Å². The third kappa shape index (κ3) is 13.2. The number of hydrogen-bond donors (Lipinski definition) is 1. The van der Waals surface area contributed by atoms with Crippen molar-refractivity contribution in [1.29, 1.82) is 0 Å². The zero-order chi connectivity index (χ0) is 13.3. The van der Waals surface area contributed by atoms with Crippen molar-refractivity contribution in [2.24, 2.45) is 11.8 Å². The first-order chi connectivity index (χ1) is 7.83. The monoisotopic (exact) mass is 298 g/mol. The van der Waals surface area contributed by atoms with Gasteiger partial charge in [0.25, 0.3) is 0 Å². The molecule has 0 aliphatic heterocycles. The third-order valence-electron chi connectivity index (χ3n) is 2.36. The lowest BCUT2D eigenvalue weighted by molar-refractivity contribution is 0.245. The Labute approximate surface area is 117 Å². The van der Waals surface area contributed by atoms with Gasteiger partial charge in [-0.25, -0.2) is 0 Å². The van der Waals surface area contributed by atoms with Gasteiger partial charge in [-0.1, -0.05) is 39.9 Å². The van der Waals surface area contributed by atoms with E-state index in [2.05, 4.69) is 39.9 Å². The van der Waals surface area contributed by atoms with Crippen LogP contribution in [0.2, 0.25) is 0 Å². The Morgan fingerprint density at radius 2 is 1.29 bits per heavy atom. The molecule has 17 heavy (non-hydrogen) atoms. The molecule has 0 saturated carbocycles. The SMILES string of the molecule is CC(C)CCCOP(=S)(S)OCCCC(C)C. The summed E-state index contributed by atoms with van der Waals surface area (Å²) < 4.78 is 11.1. The second-order valence-electron chi connectivity index (χ2n) is 5.21. The Bertz CT molecular complexity index is 213. The molecule has 0 aromatic rings. The molecule has 0 heterocycles. The number of thiol groups is 1. The molecule has 0 radical (unpaired) electrons. The van der Waals surface area contributed by atoms with Crippen molar-refractivity contribution in [3.8, 4) is 0 Å². The van der Waals surface area contributed by atoms with Crippen LogP contribution in [0, 0.1) is 11.8 Å². The molecular formula is C12H27O2PS2. The van der Waals surface area contributed by atoms with Crippen molar-refractivity contribution >= 4 is 29.7 Å². The molecule has 2 nitrogen and oxygen atoms in total. The maximum Gasteiger partial charge on any atom is 0.244 e. The lowest BCUT2D eigenvalue weighted by Gasteiger charge is -2.17. The van der Waals surface area contributed by atoms with Gasteiger partial charge in [-0.2, -0.15) is 0 Å². The van der Waals surface area contributed by atoms with Crippen molar-refractivity contribution in [1.82, 2.24) is 0 Å². The van der Waals surface area contributed by atoms with Crippen LogP contribution in [-0.4, -0.2) is 13.2 Å². The van der Waals surface area contributed by atoms with Gasteiger partial charge >= 0.3 is 0 Å². The van der Waals surface area contributed by atoms with Crippen LogP contribution in [0.1, 0.15) is 53.4 Å². The van der Waals surface area contributed by atoms with Crippen LogP contribution in [0.25, 0.3) is 0 Å². The number of rotatable bonds is 10. The maximum atomic E-state index is 5.55. The molecule has 0 amide bonds. The van der Waals surface area contributed by atoms with Crippen molar-refractivity contribution in [2.75, 3.05) is 13.2 Å². The summed E-state index contributed by atoms with van der Waals surface area (Å²) in [6.45, 7) is 10.2. The summed E-state index contributed by atoms with van der Waals surface area (Å²) in [5.41, 5.74) is -2.28. The summed E-state index contributed by atoms with van der Waals surface area (Å²) in [6.07, 6.45) is 4.39. The molecule has 5 heteroatoms. The molecule has 0 atom stereocenters. The first-order valence-corrected chi connectivity index (χ1v) is 10.2.